The third-order valence-electron chi connectivity index (χ3n) is 4.41. The monoisotopic (exact) mass is 346 g/mol. The van der Waals surface area contributed by atoms with Crippen molar-refractivity contribution in [2.45, 2.75) is 62.8 Å². The van der Waals surface area contributed by atoms with E-state index in [2.05, 4.69) is 118 Å². The molecule has 0 atom stereocenters. The molecule has 26 heavy (non-hydrogen) atoms. The van der Waals surface area contributed by atoms with Crippen molar-refractivity contribution in [1.82, 2.24) is 0 Å². The quantitative estimate of drug-likeness (QED) is 0.354. The fraction of sp³-hybridized carbons (Fsp3) is 0.455. The Kier molecular flexibility index (Phi) is 14.1. The lowest BCUT2D eigenvalue weighted by molar-refractivity contribution is 0.873. The lowest BCUT2D eigenvalue weighted by Gasteiger charge is -2.21. The molecule has 0 radical (unpaired) electrons. The Bertz CT molecular complexity index is 520. The van der Waals surface area contributed by atoms with Crippen LogP contribution in [0, 0.1) is 0 Å². The van der Waals surface area contributed by atoms with Crippen molar-refractivity contribution in [3.8, 4) is 0 Å². The summed E-state index contributed by atoms with van der Waals surface area (Å²) in [7, 11) is 9.12. The molecule has 0 rings (SSSR count). The van der Waals surface area contributed by atoms with Crippen LogP contribution in [0.25, 0.3) is 0 Å². The first-order chi connectivity index (χ1) is 12.3. The van der Waals surface area contributed by atoms with Gasteiger partial charge in [0.25, 0.3) is 0 Å². The van der Waals surface area contributed by atoms with Gasteiger partial charge in [0, 0.05) is 0 Å². The van der Waals surface area contributed by atoms with Crippen molar-refractivity contribution in [2.75, 3.05) is 0 Å². The molecule has 0 heterocycles. The predicted molar refractivity (Wildman–Crippen MR) is 133 cm³/mol. The van der Waals surface area contributed by atoms with Crippen LogP contribution in [-0.2, 0) is 0 Å². The highest BCUT2D eigenvalue weighted by Gasteiger charge is 2.14. The summed E-state index contributed by atoms with van der Waals surface area (Å²) < 4.78 is 0. The van der Waals surface area contributed by atoms with E-state index in [4.69, 9.17) is 0 Å². The summed E-state index contributed by atoms with van der Waals surface area (Å²) in [5, 5.41) is 0.414. The highest BCUT2D eigenvalue weighted by molar-refractivity contribution is 6.44. The average molecular weight is 346 g/mol. The summed E-state index contributed by atoms with van der Waals surface area (Å²) in [5.74, 6) is 0. The Morgan fingerprint density at radius 2 is 0.962 bits per heavy atom. The van der Waals surface area contributed by atoms with Gasteiger partial charge in [0.1, 0.15) is 31.4 Å². The normalized spacial score (nSPS) is 14.4. The van der Waals surface area contributed by atoms with E-state index >= 15 is 0 Å². The fourth-order valence-corrected chi connectivity index (χ4v) is 2.14. The van der Waals surface area contributed by atoms with Crippen LogP contribution in [0.5, 0.6) is 0 Å². The van der Waals surface area contributed by atoms with Gasteiger partial charge < -0.3 is 0 Å². The van der Waals surface area contributed by atoms with Crippen molar-refractivity contribution in [2.24, 2.45) is 0 Å². The second-order valence-electron chi connectivity index (χ2n) is 8.14. The standard InChI is InChI=1S/C22H38B4/c1-3-5-6-7-8-9-10-11-12-13-14-15-16-17-18-22(25,26)20-19-21(23,24)4-2/h5-6,8-9,11-12,14-15,17-20H,3-4,7,10,13,16,23-26H2,1-2H3/b6-5-,9-8-,12-11-,15-14-,18-17-,20-19-. The van der Waals surface area contributed by atoms with Gasteiger partial charge in [-0.2, -0.15) is 0 Å². The molecule has 0 bridgehead atoms. The van der Waals surface area contributed by atoms with Crippen LogP contribution in [-0.4, -0.2) is 31.4 Å². The first-order valence-corrected chi connectivity index (χ1v) is 10.3. The summed E-state index contributed by atoms with van der Waals surface area (Å²) in [6.07, 6.45) is 33.6. The Hall–Kier alpha value is -1.30. The maximum absolute atomic E-state index is 2.35. The average Bonchev–Trinajstić information content (AvgIpc) is 2.60. The minimum Gasteiger partial charge on any atom is -0.0985 e. The number of hydrogen-bond donors (Lipinski definition) is 0. The molecule has 0 unspecified atom stereocenters. The zero-order valence-electron chi connectivity index (χ0n) is 18.2. The first-order valence-electron chi connectivity index (χ1n) is 10.3. The van der Waals surface area contributed by atoms with Crippen molar-refractivity contribution < 1.29 is 0 Å². The van der Waals surface area contributed by atoms with E-state index in [1.807, 2.05) is 0 Å². The van der Waals surface area contributed by atoms with E-state index in [1.54, 1.807) is 0 Å². The molecule has 0 aromatic heterocycles. The van der Waals surface area contributed by atoms with Crippen molar-refractivity contribution >= 4 is 31.4 Å². The van der Waals surface area contributed by atoms with Crippen LogP contribution < -0.4 is 0 Å². The van der Waals surface area contributed by atoms with Crippen LogP contribution in [0.2, 0.25) is 10.4 Å². The topological polar surface area (TPSA) is 0 Å². The van der Waals surface area contributed by atoms with Crippen molar-refractivity contribution in [1.29, 1.82) is 0 Å². The molecule has 0 aliphatic rings. The van der Waals surface area contributed by atoms with Crippen LogP contribution in [0.15, 0.2) is 72.9 Å². The van der Waals surface area contributed by atoms with Gasteiger partial charge in [-0.05, 0) is 32.1 Å². The van der Waals surface area contributed by atoms with Gasteiger partial charge in [-0.25, -0.2) is 0 Å². The molecule has 0 fully saturated rings. The lowest BCUT2D eigenvalue weighted by atomic mass is 9.49. The maximum Gasteiger partial charge on any atom is 0.108 e. The van der Waals surface area contributed by atoms with Gasteiger partial charge in [0.15, 0.2) is 0 Å². The van der Waals surface area contributed by atoms with Gasteiger partial charge in [0.2, 0.25) is 0 Å². The third-order valence-corrected chi connectivity index (χ3v) is 4.41. The predicted octanol–water partition coefficient (Wildman–Crippen LogP) is 3.47. The van der Waals surface area contributed by atoms with E-state index in [0.717, 1.165) is 32.1 Å². The summed E-state index contributed by atoms with van der Waals surface area (Å²) in [6.45, 7) is 4.41. The van der Waals surface area contributed by atoms with Crippen molar-refractivity contribution in [3.63, 3.8) is 0 Å². The van der Waals surface area contributed by atoms with Gasteiger partial charge in [-0.3, -0.25) is 0 Å². The zero-order chi connectivity index (χ0) is 19.7. The van der Waals surface area contributed by atoms with Gasteiger partial charge >= 0.3 is 0 Å². The largest absolute Gasteiger partial charge is 0.108 e. The highest BCUT2D eigenvalue weighted by atomic mass is 14.0. The van der Waals surface area contributed by atoms with Gasteiger partial charge in [-0.15, -0.1) is 0 Å². The van der Waals surface area contributed by atoms with Crippen molar-refractivity contribution in [3.05, 3.63) is 72.9 Å². The summed E-state index contributed by atoms with van der Waals surface area (Å²) >= 11 is 0. The Morgan fingerprint density at radius 3 is 1.38 bits per heavy atom. The van der Waals surface area contributed by atoms with Crippen LogP contribution in [0.1, 0.15) is 52.4 Å². The van der Waals surface area contributed by atoms with E-state index in [1.165, 1.54) is 6.42 Å². The van der Waals surface area contributed by atoms with Gasteiger partial charge in [-0.1, -0.05) is 104 Å². The minimum atomic E-state index is 0.124. The van der Waals surface area contributed by atoms with E-state index < -0.39 is 0 Å². The molecule has 0 aliphatic carbocycles. The SMILES string of the molecule is BC(B)(/C=C\C/C=C\C/C=C\C/C=C\C/C=C\CC)/C=C\C(B)(B)CC. The number of rotatable bonds is 13. The zero-order valence-corrected chi connectivity index (χ0v) is 18.2. The molecule has 0 N–H and O–H groups in total. The molecule has 0 saturated carbocycles. The van der Waals surface area contributed by atoms with Crippen LogP contribution in [0.3, 0.4) is 0 Å². The highest BCUT2D eigenvalue weighted by Crippen LogP contribution is 2.28. The second kappa shape index (κ2) is 14.8. The number of allylic oxidation sites excluding steroid dienone is 12. The van der Waals surface area contributed by atoms with E-state index in [9.17, 15) is 0 Å². The van der Waals surface area contributed by atoms with E-state index in [-0.39, 0.29) is 5.21 Å². The van der Waals surface area contributed by atoms with Crippen LogP contribution in [0.4, 0.5) is 0 Å². The molecule has 0 aliphatic heterocycles. The van der Waals surface area contributed by atoms with Gasteiger partial charge in [0.05, 0.1) is 0 Å². The Balaban J connectivity index is 4.00. The summed E-state index contributed by atoms with van der Waals surface area (Å²) in [5.41, 5.74) is 0. The molecular weight excluding hydrogens is 307 g/mol. The summed E-state index contributed by atoms with van der Waals surface area (Å²) in [4.78, 5) is 0. The first kappa shape index (κ1) is 24.7. The molecule has 0 aromatic carbocycles. The molecule has 0 nitrogen and oxygen atoms in total. The summed E-state index contributed by atoms with van der Waals surface area (Å²) in [6, 6.07) is 0. The maximum atomic E-state index is 2.35. The smallest absolute Gasteiger partial charge is 0.0985 e. The molecule has 0 amide bonds. The number of hydrogen-bond acceptors (Lipinski definition) is 0. The molecule has 4 heteroatoms. The second-order valence-corrected chi connectivity index (χ2v) is 8.14. The molecular formula is C22H38B4. The molecule has 0 spiro atoms. The third kappa shape index (κ3) is 16.2. The Labute approximate surface area is 167 Å². The molecule has 138 valence electrons. The molecule has 0 aromatic rings. The Morgan fingerprint density at radius 1 is 0.538 bits per heavy atom. The van der Waals surface area contributed by atoms with Crippen LogP contribution >= 0.6 is 0 Å². The lowest BCUT2D eigenvalue weighted by Crippen LogP contribution is -2.11. The molecule has 0 saturated heterocycles. The minimum absolute atomic E-state index is 0.124. The van der Waals surface area contributed by atoms with E-state index in [0.29, 0.717) is 5.21 Å². The fourth-order valence-electron chi connectivity index (χ4n) is 2.14.